The SMILES string of the molecule is C=C1CC[C@H]2C(C)(C)CCC[C@]2(C)[C@H]1CC=C(C=O)C[C@@H]1O[C@H](C[C@H]2C(=C)CC[C@H]3C(C)(C)CCC[C@]23C)[C@@H]2[C@@H]1[C@@H](O)O[C@H]2O. The fourth-order valence-electron chi connectivity index (χ4n) is 12.7. The van der Waals surface area contributed by atoms with E-state index in [1.54, 1.807) is 0 Å². The fourth-order valence-corrected chi connectivity index (χ4v) is 12.7. The lowest BCUT2D eigenvalue weighted by molar-refractivity contribution is -0.198. The lowest BCUT2D eigenvalue weighted by Gasteiger charge is -2.58. The van der Waals surface area contributed by atoms with Crippen LogP contribution in [0.2, 0.25) is 0 Å². The average Bonchev–Trinajstić information content (AvgIpc) is 3.45. The van der Waals surface area contributed by atoms with E-state index in [1.165, 1.54) is 62.5 Å². The normalized spacial score (nSPS) is 47.6. The van der Waals surface area contributed by atoms with Crippen LogP contribution in [0, 0.1) is 57.2 Å². The highest BCUT2D eigenvalue weighted by Gasteiger charge is 2.60. The van der Waals surface area contributed by atoms with Crippen LogP contribution in [0.5, 0.6) is 0 Å². The molecule has 12 atom stereocenters. The molecule has 0 spiro atoms. The molecule has 6 fully saturated rings. The zero-order valence-corrected chi connectivity index (χ0v) is 29.2. The second-order valence-electron chi connectivity index (χ2n) is 18.2. The van der Waals surface area contributed by atoms with Crippen molar-refractivity contribution in [1.82, 2.24) is 0 Å². The molecule has 0 aromatic rings. The lowest BCUT2D eigenvalue weighted by atomic mass is 9.47. The third kappa shape index (κ3) is 5.68. The Kier molecular flexibility index (Phi) is 8.97. The first-order valence-electron chi connectivity index (χ1n) is 18.3. The summed E-state index contributed by atoms with van der Waals surface area (Å²) in [6.07, 6.45) is 14.3. The molecule has 0 amide bonds. The Morgan fingerprint density at radius 2 is 1.29 bits per heavy atom. The van der Waals surface area contributed by atoms with Crippen molar-refractivity contribution in [3.63, 3.8) is 0 Å². The second-order valence-corrected chi connectivity index (χ2v) is 18.2. The largest absolute Gasteiger partial charge is 0.374 e. The van der Waals surface area contributed by atoms with Gasteiger partial charge in [0, 0.05) is 18.3 Å². The Balaban J connectivity index is 1.20. The first kappa shape index (κ1) is 33.6. The van der Waals surface area contributed by atoms with Gasteiger partial charge in [-0.05, 0) is 115 Å². The van der Waals surface area contributed by atoms with Crippen LogP contribution in [0.4, 0.5) is 0 Å². The smallest absolute Gasteiger partial charge is 0.163 e. The van der Waals surface area contributed by atoms with Gasteiger partial charge in [-0.3, -0.25) is 4.79 Å². The molecule has 4 aliphatic carbocycles. The van der Waals surface area contributed by atoms with Crippen molar-refractivity contribution in [3.8, 4) is 0 Å². The molecule has 0 radical (unpaired) electrons. The molecule has 0 aromatic heterocycles. The van der Waals surface area contributed by atoms with Crippen LogP contribution in [-0.4, -0.2) is 41.3 Å². The molecule has 2 N–H and O–H groups in total. The molecule has 0 aromatic carbocycles. The minimum atomic E-state index is -1.10. The van der Waals surface area contributed by atoms with Crippen LogP contribution in [0.1, 0.15) is 125 Å². The summed E-state index contributed by atoms with van der Waals surface area (Å²) in [5.41, 5.74) is 4.35. The van der Waals surface area contributed by atoms with Gasteiger partial charge >= 0.3 is 0 Å². The van der Waals surface area contributed by atoms with Crippen molar-refractivity contribution in [2.45, 2.75) is 150 Å². The summed E-state index contributed by atoms with van der Waals surface area (Å²) >= 11 is 0. The third-order valence-corrected chi connectivity index (χ3v) is 14.9. The number of aliphatic hydroxyl groups excluding tert-OH is 2. The van der Waals surface area contributed by atoms with E-state index in [-0.39, 0.29) is 34.9 Å². The zero-order valence-electron chi connectivity index (χ0n) is 29.2. The first-order valence-corrected chi connectivity index (χ1v) is 18.3. The number of hydrogen-bond donors (Lipinski definition) is 2. The number of allylic oxidation sites excluding steroid dienone is 3. The van der Waals surface area contributed by atoms with Gasteiger partial charge in [-0.2, -0.15) is 0 Å². The maximum atomic E-state index is 12.6. The molecule has 6 rings (SSSR count). The summed E-state index contributed by atoms with van der Waals surface area (Å²) in [5, 5.41) is 22.0. The molecule has 2 saturated heterocycles. The van der Waals surface area contributed by atoms with Crippen LogP contribution < -0.4 is 0 Å². The minimum Gasteiger partial charge on any atom is -0.374 e. The number of aldehydes is 1. The van der Waals surface area contributed by atoms with E-state index in [2.05, 4.69) is 60.8 Å². The number of ether oxygens (including phenoxy) is 2. The van der Waals surface area contributed by atoms with Crippen molar-refractivity contribution in [2.75, 3.05) is 0 Å². The number of fused-ring (bicyclic) bond motifs is 3. The maximum absolute atomic E-state index is 12.6. The summed E-state index contributed by atoms with van der Waals surface area (Å²) in [4.78, 5) is 12.6. The van der Waals surface area contributed by atoms with Gasteiger partial charge in [0.25, 0.3) is 0 Å². The van der Waals surface area contributed by atoms with Gasteiger partial charge in [-0.25, -0.2) is 0 Å². The molecule has 5 nitrogen and oxygen atoms in total. The molecule has 5 heteroatoms. The number of carbonyl (C=O) groups is 1. The average molecular weight is 623 g/mol. The maximum Gasteiger partial charge on any atom is 0.163 e. The highest BCUT2D eigenvalue weighted by Crippen LogP contribution is 2.64. The van der Waals surface area contributed by atoms with Gasteiger partial charge in [0.1, 0.15) is 6.29 Å². The van der Waals surface area contributed by atoms with Crippen LogP contribution in [0.3, 0.4) is 0 Å². The van der Waals surface area contributed by atoms with Gasteiger partial charge < -0.3 is 19.7 Å². The van der Waals surface area contributed by atoms with E-state index >= 15 is 0 Å². The molecule has 0 unspecified atom stereocenters. The van der Waals surface area contributed by atoms with E-state index in [0.29, 0.717) is 40.9 Å². The third-order valence-electron chi connectivity index (χ3n) is 14.9. The number of carbonyl (C=O) groups excluding carboxylic acids is 1. The van der Waals surface area contributed by atoms with Crippen molar-refractivity contribution >= 4 is 6.29 Å². The Bertz CT molecular complexity index is 1200. The van der Waals surface area contributed by atoms with E-state index in [4.69, 9.17) is 9.47 Å². The second kappa shape index (κ2) is 12.0. The molecule has 2 heterocycles. The van der Waals surface area contributed by atoms with Crippen LogP contribution in [-0.2, 0) is 14.3 Å². The fraction of sp³-hybridized carbons (Fsp3) is 0.825. The summed E-state index contributed by atoms with van der Waals surface area (Å²) in [6.45, 7) is 23.8. The summed E-state index contributed by atoms with van der Waals surface area (Å²) in [6, 6.07) is 0. The Morgan fingerprint density at radius 3 is 1.84 bits per heavy atom. The van der Waals surface area contributed by atoms with Gasteiger partial charge in [-0.1, -0.05) is 84.8 Å². The zero-order chi connectivity index (χ0) is 32.5. The monoisotopic (exact) mass is 622 g/mol. The van der Waals surface area contributed by atoms with Gasteiger partial charge in [0.2, 0.25) is 0 Å². The molecular formula is C40H62O5. The Labute approximate surface area is 273 Å². The summed E-state index contributed by atoms with van der Waals surface area (Å²) in [5.74, 6) is 1.30. The molecular weight excluding hydrogens is 560 g/mol. The molecule has 4 saturated carbocycles. The Morgan fingerprint density at radius 1 is 0.778 bits per heavy atom. The highest BCUT2D eigenvalue weighted by molar-refractivity contribution is 5.73. The van der Waals surface area contributed by atoms with Gasteiger partial charge in [0.15, 0.2) is 12.6 Å². The number of rotatable bonds is 7. The molecule has 0 bridgehead atoms. The van der Waals surface area contributed by atoms with Crippen LogP contribution in [0.15, 0.2) is 36.0 Å². The predicted molar refractivity (Wildman–Crippen MR) is 179 cm³/mol. The van der Waals surface area contributed by atoms with Crippen LogP contribution in [0.25, 0.3) is 0 Å². The molecule has 2 aliphatic heterocycles. The van der Waals surface area contributed by atoms with E-state index in [1.807, 2.05) is 0 Å². The quantitative estimate of drug-likeness (QED) is 0.169. The highest BCUT2D eigenvalue weighted by atomic mass is 16.7. The van der Waals surface area contributed by atoms with Gasteiger partial charge in [-0.15, -0.1) is 0 Å². The standard InChI is InChI=1S/C40H62O5/c1-24-11-15-31-37(3,4)17-9-19-39(31,7)27(24)14-13-26(23-41)21-29-33-34(36(43)45-35(33)42)30(44-29)22-28-25(2)12-16-32-38(5,6)18-10-20-40(28,32)8/h13,23,27-36,42-43H,1-2,9-12,14-22H2,3-8H3/t27-,28-,29-,30+,31-,32-,33+,34+,35-,36+,39+,40+/m0/s1. The molecule has 45 heavy (non-hydrogen) atoms. The van der Waals surface area contributed by atoms with E-state index in [0.717, 1.165) is 37.5 Å². The Hall–Kier alpha value is -1.27. The van der Waals surface area contributed by atoms with E-state index < -0.39 is 12.6 Å². The van der Waals surface area contributed by atoms with Crippen LogP contribution >= 0.6 is 0 Å². The van der Waals surface area contributed by atoms with Crippen molar-refractivity contribution in [3.05, 3.63) is 36.0 Å². The van der Waals surface area contributed by atoms with Crippen molar-refractivity contribution < 1.29 is 24.5 Å². The van der Waals surface area contributed by atoms with Crippen molar-refractivity contribution in [1.29, 1.82) is 0 Å². The summed E-state index contributed by atoms with van der Waals surface area (Å²) < 4.78 is 12.5. The minimum absolute atomic E-state index is 0.148. The summed E-state index contributed by atoms with van der Waals surface area (Å²) in [7, 11) is 0. The predicted octanol–water partition coefficient (Wildman–Crippen LogP) is 8.55. The topological polar surface area (TPSA) is 76.0 Å². The first-order chi connectivity index (χ1) is 21.1. The number of hydrogen-bond acceptors (Lipinski definition) is 5. The van der Waals surface area contributed by atoms with Crippen molar-refractivity contribution in [2.24, 2.45) is 57.2 Å². The lowest BCUT2D eigenvalue weighted by Crippen LogP contribution is -2.50. The molecule has 252 valence electrons. The molecule has 6 aliphatic rings. The number of aliphatic hydroxyl groups is 2. The van der Waals surface area contributed by atoms with E-state index in [9.17, 15) is 15.0 Å². The van der Waals surface area contributed by atoms with Gasteiger partial charge in [0.05, 0.1) is 12.2 Å².